The molecule has 31 heavy (non-hydrogen) atoms. The SMILES string of the molecule is COc1ccc(/C=C2/SC(=Nc3ccccc3)N([C@@H](C)c3ccccc3)C2=O)cc1Br. The Morgan fingerprint density at radius 2 is 1.71 bits per heavy atom. The second-order valence-corrected chi connectivity index (χ2v) is 8.86. The van der Waals surface area contributed by atoms with Crippen molar-refractivity contribution >= 4 is 50.5 Å². The largest absolute Gasteiger partial charge is 0.496 e. The molecule has 1 atom stereocenters. The summed E-state index contributed by atoms with van der Waals surface area (Å²) in [6.07, 6.45) is 1.90. The summed E-state index contributed by atoms with van der Waals surface area (Å²) < 4.78 is 6.15. The third-order valence-electron chi connectivity index (χ3n) is 4.96. The molecular formula is C25H21BrN2O2S. The average molecular weight is 493 g/mol. The third kappa shape index (κ3) is 4.75. The van der Waals surface area contributed by atoms with Gasteiger partial charge in [0.15, 0.2) is 5.17 Å². The number of aliphatic imine (C=N–C) groups is 1. The molecule has 0 N–H and O–H groups in total. The van der Waals surface area contributed by atoms with Crippen LogP contribution in [-0.4, -0.2) is 23.1 Å². The quantitative estimate of drug-likeness (QED) is 0.366. The van der Waals surface area contributed by atoms with Crippen molar-refractivity contribution in [3.8, 4) is 5.75 Å². The number of para-hydroxylation sites is 1. The zero-order chi connectivity index (χ0) is 21.8. The van der Waals surface area contributed by atoms with Crippen molar-refractivity contribution in [2.75, 3.05) is 7.11 Å². The number of hydrogen-bond acceptors (Lipinski definition) is 4. The summed E-state index contributed by atoms with van der Waals surface area (Å²) in [5.74, 6) is 0.696. The first-order valence-electron chi connectivity index (χ1n) is 9.82. The number of amidine groups is 1. The van der Waals surface area contributed by atoms with E-state index in [4.69, 9.17) is 9.73 Å². The first kappa shape index (κ1) is 21.4. The number of nitrogens with zero attached hydrogens (tertiary/aromatic N) is 2. The lowest BCUT2D eigenvalue weighted by molar-refractivity contribution is -0.123. The predicted molar refractivity (Wildman–Crippen MR) is 132 cm³/mol. The van der Waals surface area contributed by atoms with Crippen LogP contribution in [0.2, 0.25) is 0 Å². The number of methoxy groups -OCH3 is 1. The van der Waals surface area contributed by atoms with Gasteiger partial charge >= 0.3 is 0 Å². The molecule has 1 aliphatic rings. The van der Waals surface area contributed by atoms with Crippen LogP contribution < -0.4 is 4.74 Å². The van der Waals surface area contributed by atoms with Gasteiger partial charge in [-0.2, -0.15) is 0 Å². The maximum atomic E-state index is 13.5. The lowest BCUT2D eigenvalue weighted by Crippen LogP contribution is -2.32. The molecule has 1 fully saturated rings. The van der Waals surface area contributed by atoms with Crippen LogP contribution in [0.4, 0.5) is 5.69 Å². The van der Waals surface area contributed by atoms with Crippen LogP contribution in [0.5, 0.6) is 5.75 Å². The van der Waals surface area contributed by atoms with Crippen molar-refractivity contribution in [2.24, 2.45) is 4.99 Å². The molecule has 1 heterocycles. The van der Waals surface area contributed by atoms with E-state index < -0.39 is 0 Å². The second-order valence-electron chi connectivity index (χ2n) is 7.00. The Hall–Kier alpha value is -2.83. The Morgan fingerprint density at radius 3 is 2.35 bits per heavy atom. The highest BCUT2D eigenvalue weighted by Gasteiger charge is 2.37. The fourth-order valence-electron chi connectivity index (χ4n) is 3.32. The van der Waals surface area contributed by atoms with Crippen molar-refractivity contribution in [1.82, 2.24) is 4.90 Å². The van der Waals surface area contributed by atoms with E-state index in [-0.39, 0.29) is 11.9 Å². The van der Waals surface area contributed by atoms with Gasteiger partial charge in [0.25, 0.3) is 5.91 Å². The first-order chi connectivity index (χ1) is 15.1. The lowest BCUT2D eigenvalue weighted by atomic mass is 10.1. The van der Waals surface area contributed by atoms with Crippen LogP contribution >= 0.6 is 27.7 Å². The minimum atomic E-state index is -0.142. The predicted octanol–water partition coefficient (Wildman–Crippen LogP) is 6.82. The average Bonchev–Trinajstić information content (AvgIpc) is 3.09. The number of benzene rings is 3. The van der Waals surface area contributed by atoms with E-state index in [2.05, 4.69) is 15.9 Å². The van der Waals surface area contributed by atoms with Gasteiger partial charge in [-0.15, -0.1) is 0 Å². The smallest absolute Gasteiger partial charge is 0.267 e. The van der Waals surface area contributed by atoms with E-state index >= 15 is 0 Å². The summed E-state index contributed by atoms with van der Waals surface area (Å²) >= 11 is 4.91. The molecule has 0 saturated carbocycles. The molecule has 0 aromatic heterocycles. The van der Waals surface area contributed by atoms with Gasteiger partial charge in [-0.1, -0.05) is 54.6 Å². The summed E-state index contributed by atoms with van der Waals surface area (Å²) in [6.45, 7) is 2.03. The monoisotopic (exact) mass is 492 g/mol. The molecular weight excluding hydrogens is 472 g/mol. The van der Waals surface area contributed by atoms with Crippen molar-refractivity contribution in [1.29, 1.82) is 0 Å². The van der Waals surface area contributed by atoms with Gasteiger partial charge in [-0.3, -0.25) is 9.69 Å². The Labute approximate surface area is 194 Å². The van der Waals surface area contributed by atoms with Crippen LogP contribution in [0.1, 0.15) is 24.1 Å². The highest BCUT2D eigenvalue weighted by molar-refractivity contribution is 9.10. The zero-order valence-corrected chi connectivity index (χ0v) is 19.6. The number of carbonyl (C=O) groups excluding carboxylic acids is 1. The summed E-state index contributed by atoms with van der Waals surface area (Å²) in [7, 11) is 1.63. The number of thioether (sulfide) groups is 1. The fourth-order valence-corrected chi connectivity index (χ4v) is 4.95. The number of hydrogen-bond donors (Lipinski definition) is 0. The van der Waals surface area contributed by atoms with Crippen LogP contribution in [-0.2, 0) is 4.79 Å². The van der Waals surface area contributed by atoms with Gasteiger partial charge in [-0.05, 0) is 76.1 Å². The second kappa shape index (κ2) is 9.54. The Morgan fingerprint density at radius 1 is 1.03 bits per heavy atom. The highest BCUT2D eigenvalue weighted by Crippen LogP contribution is 2.39. The Bertz CT molecular complexity index is 1150. The summed E-state index contributed by atoms with van der Waals surface area (Å²) in [5.41, 5.74) is 2.79. The van der Waals surface area contributed by atoms with E-state index in [1.807, 2.05) is 91.9 Å². The first-order valence-corrected chi connectivity index (χ1v) is 11.4. The molecule has 1 aliphatic heterocycles. The zero-order valence-electron chi connectivity index (χ0n) is 17.2. The van der Waals surface area contributed by atoms with Gasteiger partial charge < -0.3 is 4.74 Å². The standard InChI is InChI=1S/C25H21BrN2O2S/c1-17(19-9-5-3-6-10-19)28-24(29)23(16-18-13-14-22(30-2)21(26)15-18)31-25(28)27-20-11-7-4-8-12-20/h3-17H,1-2H3/b23-16+,27-25?/t17-/m0/s1. The molecule has 1 amide bonds. The Balaban J connectivity index is 1.73. The molecule has 0 unspecified atom stereocenters. The normalized spacial score (nSPS) is 17.4. The van der Waals surface area contributed by atoms with Gasteiger partial charge in [0.05, 0.1) is 28.2 Å². The summed E-state index contributed by atoms with van der Waals surface area (Å²) in [4.78, 5) is 20.6. The lowest BCUT2D eigenvalue weighted by Gasteiger charge is -2.24. The number of amides is 1. The molecule has 1 saturated heterocycles. The van der Waals surface area contributed by atoms with Crippen molar-refractivity contribution in [3.05, 3.63) is 99.4 Å². The molecule has 3 aromatic carbocycles. The van der Waals surface area contributed by atoms with Crippen molar-refractivity contribution < 1.29 is 9.53 Å². The molecule has 0 spiro atoms. The van der Waals surface area contributed by atoms with Crippen molar-refractivity contribution in [3.63, 3.8) is 0 Å². The topological polar surface area (TPSA) is 41.9 Å². The Kier molecular flexibility index (Phi) is 6.59. The maximum Gasteiger partial charge on any atom is 0.267 e. The van der Waals surface area contributed by atoms with Crippen LogP contribution in [0.15, 0.2) is 93.2 Å². The van der Waals surface area contributed by atoms with Gasteiger partial charge in [0, 0.05) is 0 Å². The van der Waals surface area contributed by atoms with Gasteiger partial charge in [0.2, 0.25) is 0 Å². The summed E-state index contributed by atoms with van der Waals surface area (Å²) in [6, 6.07) is 25.3. The molecule has 4 nitrogen and oxygen atoms in total. The van der Waals surface area contributed by atoms with E-state index in [9.17, 15) is 4.79 Å². The van der Waals surface area contributed by atoms with Crippen molar-refractivity contribution in [2.45, 2.75) is 13.0 Å². The summed E-state index contributed by atoms with van der Waals surface area (Å²) in [5, 5.41) is 0.673. The minimum Gasteiger partial charge on any atom is -0.496 e. The van der Waals surface area contributed by atoms with E-state index in [1.54, 1.807) is 12.0 Å². The number of rotatable bonds is 5. The molecule has 0 radical (unpaired) electrons. The highest BCUT2D eigenvalue weighted by atomic mass is 79.9. The molecule has 6 heteroatoms. The van der Waals surface area contributed by atoms with Gasteiger partial charge in [-0.25, -0.2) is 4.99 Å². The van der Waals surface area contributed by atoms with E-state index in [0.29, 0.717) is 10.1 Å². The van der Waals surface area contributed by atoms with Gasteiger partial charge in [0.1, 0.15) is 5.75 Å². The number of ether oxygens (including phenoxy) is 1. The van der Waals surface area contributed by atoms with Crippen LogP contribution in [0, 0.1) is 0 Å². The number of halogens is 1. The van der Waals surface area contributed by atoms with Crippen LogP contribution in [0.25, 0.3) is 6.08 Å². The van der Waals surface area contributed by atoms with E-state index in [1.165, 1.54) is 11.8 Å². The third-order valence-corrected chi connectivity index (χ3v) is 6.56. The minimum absolute atomic E-state index is 0.0528. The van der Waals surface area contributed by atoms with Crippen LogP contribution in [0.3, 0.4) is 0 Å². The molecule has 0 aliphatic carbocycles. The molecule has 3 aromatic rings. The molecule has 4 rings (SSSR count). The number of carbonyl (C=O) groups is 1. The molecule has 156 valence electrons. The maximum absolute atomic E-state index is 13.5. The fraction of sp³-hybridized carbons (Fsp3) is 0.120. The van der Waals surface area contributed by atoms with E-state index in [0.717, 1.165) is 27.0 Å². The molecule has 0 bridgehead atoms.